The van der Waals surface area contributed by atoms with Crippen LogP contribution < -0.4 is 4.90 Å². The third kappa shape index (κ3) is 4.07. The largest absolute Gasteiger partial charge is 0.462 e. The summed E-state index contributed by atoms with van der Waals surface area (Å²) in [5.41, 5.74) is 1.15. The molecule has 2 aromatic carbocycles. The van der Waals surface area contributed by atoms with Gasteiger partial charge in [0.2, 0.25) is 5.91 Å². The van der Waals surface area contributed by atoms with E-state index in [2.05, 4.69) is 0 Å². The number of amides is 1. The fraction of sp³-hybridized carbons (Fsp3) is 0.190. The fourth-order valence-corrected chi connectivity index (χ4v) is 4.12. The minimum Gasteiger partial charge on any atom is -0.462 e. The van der Waals surface area contributed by atoms with Gasteiger partial charge in [0, 0.05) is 5.69 Å². The molecule has 3 rings (SSSR count). The third-order valence-corrected chi connectivity index (χ3v) is 5.37. The molecule has 0 radical (unpaired) electrons. The molecule has 0 N–H and O–H groups in total. The molecule has 1 saturated heterocycles. The van der Waals surface area contributed by atoms with E-state index in [9.17, 15) is 19.2 Å². The molecule has 142 valence electrons. The van der Waals surface area contributed by atoms with Gasteiger partial charge in [-0.25, -0.2) is 9.18 Å². The molecule has 0 saturated carbocycles. The van der Waals surface area contributed by atoms with Crippen molar-refractivity contribution in [3.63, 3.8) is 0 Å². The molecule has 5 nitrogen and oxygen atoms in total. The first-order valence-electron chi connectivity index (χ1n) is 8.66. The molecule has 0 aliphatic carbocycles. The number of ether oxygens (including phenoxy) is 1. The molecule has 0 bridgehead atoms. The maximum Gasteiger partial charge on any atom is 0.351 e. The molecule has 0 aromatic heterocycles. The molecule has 7 heteroatoms. The lowest BCUT2D eigenvalue weighted by molar-refractivity contribution is -0.138. The standard InChI is InChI=1S/C21H17FN2O3S/c1-2-27-21(26)17(13-23)20-24(16-6-4-3-5-7-16)19(25)18(28-20)12-14-8-10-15(22)11-9-14/h3-11,18H,2,12H2,1H3/b20-17+/t18-/m1/s1. The monoisotopic (exact) mass is 396 g/mol. The molecule has 1 atom stereocenters. The van der Waals surface area contributed by atoms with Crippen LogP contribution in [-0.2, 0) is 20.7 Å². The van der Waals surface area contributed by atoms with Crippen molar-refractivity contribution in [3.05, 3.63) is 76.6 Å². The van der Waals surface area contributed by atoms with E-state index in [1.165, 1.54) is 17.0 Å². The normalized spacial score (nSPS) is 18.0. The number of benzene rings is 2. The van der Waals surface area contributed by atoms with Crippen LogP contribution in [0.1, 0.15) is 12.5 Å². The SMILES string of the molecule is CCOC(=O)/C(C#N)=C1/S[C@H](Cc2ccc(F)cc2)C(=O)N1c1ccccc1. The number of para-hydroxylation sites is 1. The Morgan fingerprint density at radius 3 is 2.50 bits per heavy atom. The topological polar surface area (TPSA) is 70.4 Å². The predicted molar refractivity (Wildman–Crippen MR) is 105 cm³/mol. The first kappa shape index (κ1) is 19.6. The quantitative estimate of drug-likeness (QED) is 0.437. The van der Waals surface area contributed by atoms with Gasteiger partial charge in [0.1, 0.15) is 16.9 Å². The van der Waals surface area contributed by atoms with Crippen LogP contribution in [0.2, 0.25) is 0 Å². The average molecular weight is 396 g/mol. The number of anilines is 1. The van der Waals surface area contributed by atoms with Crippen LogP contribution in [-0.4, -0.2) is 23.7 Å². The number of esters is 1. The summed E-state index contributed by atoms with van der Waals surface area (Å²) in [6.07, 6.45) is 0.345. The first-order valence-corrected chi connectivity index (χ1v) is 9.54. The molecule has 1 aliphatic rings. The summed E-state index contributed by atoms with van der Waals surface area (Å²) < 4.78 is 18.1. The van der Waals surface area contributed by atoms with Gasteiger partial charge in [0.05, 0.1) is 11.9 Å². The van der Waals surface area contributed by atoms with E-state index in [4.69, 9.17) is 4.74 Å². The van der Waals surface area contributed by atoms with Crippen LogP contribution in [0.3, 0.4) is 0 Å². The summed E-state index contributed by atoms with van der Waals surface area (Å²) in [6, 6.07) is 16.6. The van der Waals surface area contributed by atoms with Gasteiger partial charge in [-0.15, -0.1) is 0 Å². The van der Waals surface area contributed by atoms with Crippen molar-refractivity contribution in [2.45, 2.75) is 18.6 Å². The lowest BCUT2D eigenvalue weighted by atomic mass is 10.1. The Hall–Kier alpha value is -3.11. The first-order chi connectivity index (χ1) is 13.5. The number of rotatable bonds is 5. The Kier molecular flexibility index (Phi) is 6.12. The van der Waals surface area contributed by atoms with Crippen LogP contribution in [0.4, 0.5) is 10.1 Å². The van der Waals surface area contributed by atoms with E-state index >= 15 is 0 Å². The molecular weight excluding hydrogens is 379 g/mol. The van der Waals surface area contributed by atoms with Crippen LogP contribution >= 0.6 is 11.8 Å². The van der Waals surface area contributed by atoms with Crippen molar-refractivity contribution in [3.8, 4) is 6.07 Å². The van der Waals surface area contributed by atoms with E-state index in [-0.39, 0.29) is 28.9 Å². The van der Waals surface area contributed by atoms with E-state index < -0.39 is 11.2 Å². The second-order valence-corrected chi connectivity index (χ2v) is 7.15. The van der Waals surface area contributed by atoms with Gasteiger partial charge in [0.15, 0.2) is 5.57 Å². The lowest BCUT2D eigenvalue weighted by Gasteiger charge is -2.18. The summed E-state index contributed by atoms with van der Waals surface area (Å²) in [5.74, 6) is -1.36. The Balaban J connectivity index is 2.01. The van der Waals surface area contributed by atoms with Gasteiger partial charge in [0.25, 0.3) is 0 Å². The van der Waals surface area contributed by atoms with E-state index in [0.29, 0.717) is 12.1 Å². The van der Waals surface area contributed by atoms with Crippen LogP contribution in [0.5, 0.6) is 0 Å². The zero-order valence-corrected chi connectivity index (χ0v) is 15.9. The number of carbonyl (C=O) groups excluding carboxylic acids is 2. The molecule has 28 heavy (non-hydrogen) atoms. The van der Waals surface area contributed by atoms with Gasteiger partial charge in [-0.05, 0) is 43.2 Å². The van der Waals surface area contributed by atoms with Crippen molar-refractivity contribution in [2.75, 3.05) is 11.5 Å². The summed E-state index contributed by atoms with van der Waals surface area (Å²) in [6.45, 7) is 1.77. The number of nitriles is 1. The summed E-state index contributed by atoms with van der Waals surface area (Å²) in [7, 11) is 0. The number of hydrogen-bond acceptors (Lipinski definition) is 5. The Labute approximate surface area is 166 Å². The summed E-state index contributed by atoms with van der Waals surface area (Å²) in [5, 5.41) is 9.25. The Morgan fingerprint density at radius 1 is 1.21 bits per heavy atom. The van der Waals surface area contributed by atoms with Gasteiger partial charge < -0.3 is 4.74 Å². The number of halogens is 1. The highest BCUT2D eigenvalue weighted by molar-refractivity contribution is 8.05. The van der Waals surface area contributed by atoms with Crippen LogP contribution in [0, 0.1) is 17.1 Å². The van der Waals surface area contributed by atoms with Crippen molar-refractivity contribution in [2.24, 2.45) is 0 Å². The van der Waals surface area contributed by atoms with Gasteiger partial charge >= 0.3 is 5.97 Å². The second kappa shape index (κ2) is 8.72. The smallest absolute Gasteiger partial charge is 0.351 e. The average Bonchev–Trinajstić information content (AvgIpc) is 3.01. The summed E-state index contributed by atoms with van der Waals surface area (Å²) in [4.78, 5) is 26.8. The number of carbonyl (C=O) groups is 2. The van der Waals surface area contributed by atoms with Gasteiger partial charge in [-0.3, -0.25) is 9.69 Å². The van der Waals surface area contributed by atoms with Crippen molar-refractivity contribution in [1.82, 2.24) is 0 Å². The van der Waals surface area contributed by atoms with Crippen molar-refractivity contribution in [1.29, 1.82) is 5.26 Å². The maximum atomic E-state index is 13.2. The van der Waals surface area contributed by atoms with Crippen molar-refractivity contribution >= 4 is 29.3 Å². The molecule has 0 spiro atoms. The zero-order chi connectivity index (χ0) is 20.1. The maximum absolute atomic E-state index is 13.2. The summed E-state index contributed by atoms with van der Waals surface area (Å²) >= 11 is 1.15. The highest BCUT2D eigenvalue weighted by Gasteiger charge is 2.41. The number of nitrogens with zero attached hydrogens (tertiary/aromatic N) is 2. The highest BCUT2D eigenvalue weighted by Crippen LogP contribution is 2.41. The minimum absolute atomic E-state index is 0.125. The number of thioether (sulfide) groups is 1. The zero-order valence-electron chi connectivity index (χ0n) is 15.1. The molecule has 2 aromatic rings. The Morgan fingerprint density at radius 2 is 1.89 bits per heavy atom. The minimum atomic E-state index is -0.760. The van der Waals surface area contributed by atoms with Crippen LogP contribution in [0.25, 0.3) is 0 Å². The molecule has 1 aliphatic heterocycles. The van der Waals surface area contributed by atoms with E-state index in [0.717, 1.165) is 17.3 Å². The van der Waals surface area contributed by atoms with E-state index in [1.54, 1.807) is 43.3 Å². The van der Waals surface area contributed by atoms with Crippen molar-refractivity contribution < 1.29 is 18.7 Å². The van der Waals surface area contributed by atoms with E-state index in [1.807, 2.05) is 12.1 Å². The predicted octanol–water partition coefficient (Wildman–Crippen LogP) is 3.82. The van der Waals surface area contributed by atoms with Gasteiger partial charge in [-0.2, -0.15) is 5.26 Å². The molecule has 1 fully saturated rings. The molecule has 1 amide bonds. The third-order valence-electron chi connectivity index (χ3n) is 4.11. The molecule has 1 heterocycles. The molecule has 0 unspecified atom stereocenters. The molecular formula is C21H17FN2O3S. The second-order valence-electron chi connectivity index (χ2n) is 5.96. The lowest BCUT2D eigenvalue weighted by Crippen LogP contribution is -2.30. The fourth-order valence-electron chi connectivity index (χ4n) is 2.82. The van der Waals surface area contributed by atoms with Crippen LogP contribution in [0.15, 0.2) is 65.2 Å². The Bertz CT molecular complexity index is 952. The van der Waals surface area contributed by atoms with Gasteiger partial charge in [-0.1, -0.05) is 42.1 Å². The highest BCUT2D eigenvalue weighted by atomic mass is 32.2. The number of hydrogen-bond donors (Lipinski definition) is 0.